The molecule has 1 amide bonds. The fraction of sp³-hybridized carbons (Fsp3) is 0.211. The van der Waals surface area contributed by atoms with Crippen LogP contribution in [0.2, 0.25) is 5.02 Å². The maximum absolute atomic E-state index is 14.0. The average molecular weight is 391 g/mol. The van der Waals surface area contributed by atoms with Gasteiger partial charge in [0.1, 0.15) is 5.69 Å². The number of aromatic nitrogens is 1. The first-order chi connectivity index (χ1) is 12.3. The van der Waals surface area contributed by atoms with Crippen LogP contribution in [0.3, 0.4) is 0 Å². The molecule has 3 rings (SSSR count). The summed E-state index contributed by atoms with van der Waals surface area (Å²) in [6, 6.07) is 12.5. The molecule has 0 aliphatic heterocycles. The summed E-state index contributed by atoms with van der Waals surface area (Å²) < 4.78 is 19.5. The topological polar surface area (TPSA) is 85.2 Å². The van der Waals surface area contributed by atoms with Crippen LogP contribution in [0.5, 0.6) is 0 Å². The second kappa shape index (κ2) is 6.92. The Bertz CT molecular complexity index is 1040. The zero-order chi connectivity index (χ0) is 19.1. The van der Waals surface area contributed by atoms with Crippen LogP contribution in [0.25, 0.3) is 10.9 Å². The van der Waals surface area contributed by atoms with Gasteiger partial charge in [-0.15, -0.1) is 0 Å². The molecule has 1 heterocycles. The summed E-state index contributed by atoms with van der Waals surface area (Å²) in [5.74, 6) is -0.446. The number of hydrogen-bond acceptors (Lipinski definition) is 3. The number of primary amides is 1. The SMILES string of the molecule is COP(=O)(c1cccc(C(C)C)c1)c1c(C(N)=O)[nH]c2ccc(Cl)cc12. The number of fused-ring (bicyclic) bond motifs is 1. The number of carbonyl (C=O) groups is 1. The first-order valence-corrected chi connectivity index (χ1v) is 10.2. The number of carbonyl (C=O) groups excluding carboxylic acids is 1. The number of nitrogens with two attached hydrogens (primary N) is 1. The minimum atomic E-state index is -3.57. The zero-order valence-electron chi connectivity index (χ0n) is 14.7. The number of aromatic amines is 1. The highest BCUT2D eigenvalue weighted by Crippen LogP contribution is 2.47. The quantitative estimate of drug-likeness (QED) is 0.647. The monoisotopic (exact) mass is 390 g/mol. The summed E-state index contributed by atoms with van der Waals surface area (Å²) in [6.07, 6.45) is 0. The normalized spacial score (nSPS) is 13.9. The number of hydrogen-bond donors (Lipinski definition) is 2. The van der Waals surface area contributed by atoms with Crippen molar-refractivity contribution in [3.8, 4) is 0 Å². The number of nitrogens with one attached hydrogen (secondary N) is 1. The number of amides is 1. The molecule has 2 aromatic carbocycles. The summed E-state index contributed by atoms with van der Waals surface area (Å²) in [7, 11) is -2.20. The standard InChI is InChI=1S/C19H20ClN2O3P/c1-11(2)12-5-4-6-14(9-12)26(24,25-3)18-15-10-13(20)7-8-16(15)22-17(18)19(21)23/h4-11,22H,1-3H3,(H2,21,23). The smallest absolute Gasteiger partial charge is 0.266 e. The van der Waals surface area contributed by atoms with Crippen LogP contribution in [-0.2, 0) is 9.09 Å². The summed E-state index contributed by atoms with van der Waals surface area (Å²) in [5, 5.41) is 1.79. The van der Waals surface area contributed by atoms with Crippen molar-refractivity contribution in [1.82, 2.24) is 4.98 Å². The van der Waals surface area contributed by atoms with Crippen molar-refractivity contribution >= 4 is 46.4 Å². The molecular weight excluding hydrogens is 371 g/mol. The van der Waals surface area contributed by atoms with E-state index in [1.165, 1.54) is 7.11 Å². The first kappa shape index (κ1) is 18.7. The molecule has 0 aliphatic rings. The van der Waals surface area contributed by atoms with Crippen LogP contribution in [0.1, 0.15) is 35.8 Å². The van der Waals surface area contributed by atoms with Gasteiger partial charge in [0.05, 0.1) is 5.30 Å². The molecule has 0 aliphatic carbocycles. The van der Waals surface area contributed by atoms with Crippen LogP contribution in [0.15, 0.2) is 42.5 Å². The Morgan fingerprint density at radius 3 is 2.58 bits per heavy atom. The van der Waals surface area contributed by atoms with Crippen LogP contribution in [0.4, 0.5) is 0 Å². The van der Waals surface area contributed by atoms with Gasteiger partial charge in [-0.25, -0.2) is 0 Å². The van der Waals surface area contributed by atoms with E-state index in [0.29, 0.717) is 21.2 Å². The highest BCUT2D eigenvalue weighted by atomic mass is 35.5. The van der Waals surface area contributed by atoms with Gasteiger partial charge in [-0.05, 0) is 41.8 Å². The minimum Gasteiger partial charge on any atom is -0.364 e. The lowest BCUT2D eigenvalue weighted by Gasteiger charge is -2.19. The van der Waals surface area contributed by atoms with Crippen LogP contribution in [-0.4, -0.2) is 18.0 Å². The molecule has 0 saturated carbocycles. The highest BCUT2D eigenvalue weighted by Gasteiger charge is 2.35. The largest absolute Gasteiger partial charge is 0.364 e. The van der Waals surface area contributed by atoms with Crippen LogP contribution >= 0.6 is 19.0 Å². The second-order valence-electron chi connectivity index (χ2n) is 6.39. The zero-order valence-corrected chi connectivity index (χ0v) is 16.4. The lowest BCUT2D eigenvalue weighted by atomic mass is 10.0. The third-order valence-corrected chi connectivity index (χ3v) is 7.17. The van der Waals surface area contributed by atoms with E-state index in [0.717, 1.165) is 5.56 Å². The van der Waals surface area contributed by atoms with E-state index in [1.807, 2.05) is 18.2 Å². The molecule has 0 spiro atoms. The molecule has 26 heavy (non-hydrogen) atoms. The number of benzene rings is 2. The number of H-pyrrole nitrogens is 1. The fourth-order valence-corrected chi connectivity index (χ4v) is 5.41. The molecule has 0 saturated heterocycles. The van der Waals surface area contributed by atoms with Gasteiger partial charge < -0.3 is 15.2 Å². The van der Waals surface area contributed by atoms with Gasteiger partial charge in [-0.1, -0.05) is 37.6 Å². The van der Waals surface area contributed by atoms with E-state index in [4.69, 9.17) is 21.9 Å². The molecule has 136 valence electrons. The second-order valence-corrected chi connectivity index (χ2v) is 9.25. The molecule has 5 nitrogen and oxygen atoms in total. The van der Waals surface area contributed by atoms with Gasteiger partial charge in [0, 0.05) is 28.3 Å². The summed E-state index contributed by atoms with van der Waals surface area (Å²) in [6.45, 7) is 4.11. The molecule has 3 aromatic rings. The summed E-state index contributed by atoms with van der Waals surface area (Å²) in [5.41, 5.74) is 7.26. The molecule has 7 heteroatoms. The van der Waals surface area contributed by atoms with Gasteiger partial charge in [0.25, 0.3) is 13.3 Å². The van der Waals surface area contributed by atoms with Gasteiger partial charge in [0.15, 0.2) is 0 Å². The van der Waals surface area contributed by atoms with Crippen LogP contribution in [0, 0.1) is 0 Å². The maximum atomic E-state index is 14.0. The third kappa shape index (κ3) is 3.07. The molecule has 1 aromatic heterocycles. The van der Waals surface area contributed by atoms with Crippen molar-refractivity contribution in [2.45, 2.75) is 19.8 Å². The first-order valence-electron chi connectivity index (χ1n) is 8.16. The van der Waals surface area contributed by atoms with Crippen molar-refractivity contribution in [1.29, 1.82) is 0 Å². The van der Waals surface area contributed by atoms with E-state index < -0.39 is 13.3 Å². The summed E-state index contributed by atoms with van der Waals surface area (Å²) in [4.78, 5) is 15.0. The Labute approximate surface area is 156 Å². The number of rotatable bonds is 5. The van der Waals surface area contributed by atoms with Gasteiger partial charge >= 0.3 is 0 Å². The molecular formula is C19H20ClN2O3P. The Kier molecular flexibility index (Phi) is 4.98. The van der Waals surface area contributed by atoms with Crippen molar-refractivity contribution in [3.63, 3.8) is 0 Å². The lowest BCUT2D eigenvalue weighted by molar-refractivity contribution is 0.0997. The Hall–Kier alpha value is -2.07. The summed E-state index contributed by atoms with van der Waals surface area (Å²) >= 11 is 6.12. The van der Waals surface area contributed by atoms with Crippen molar-refractivity contribution < 1.29 is 13.9 Å². The Morgan fingerprint density at radius 1 is 1.23 bits per heavy atom. The van der Waals surface area contributed by atoms with Gasteiger partial charge in [0.2, 0.25) is 0 Å². The number of halogens is 1. The highest BCUT2D eigenvalue weighted by molar-refractivity contribution is 7.75. The third-order valence-electron chi connectivity index (χ3n) is 4.41. The van der Waals surface area contributed by atoms with E-state index in [9.17, 15) is 9.36 Å². The molecule has 0 fully saturated rings. The predicted octanol–water partition coefficient (Wildman–Crippen LogP) is 3.92. The maximum Gasteiger partial charge on any atom is 0.266 e. The molecule has 1 unspecified atom stereocenters. The lowest BCUT2D eigenvalue weighted by Crippen LogP contribution is -2.26. The van der Waals surface area contributed by atoms with Crippen molar-refractivity contribution in [2.24, 2.45) is 5.73 Å². The average Bonchev–Trinajstić information content (AvgIpc) is 3.00. The van der Waals surface area contributed by atoms with Crippen molar-refractivity contribution in [3.05, 3.63) is 58.7 Å². The Morgan fingerprint density at radius 2 is 1.96 bits per heavy atom. The van der Waals surface area contributed by atoms with Crippen molar-refractivity contribution in [2.75, 3.05) is 7.11 Å². The molecule has 0 bridgehead atoms. The van der Waals surface area contributed by atoms with E-state index in [2.05, 4.69) is 18.8 Å². The van der Waals surface area contributed by atoms with E-state index >= 15 is 0 Å². The van der Waals surface area contributed by atoms with E-state index in [1.54, 1.807) is 24.3 Å². The molecule has 1 atom stereocenters. The van der Waals surface area contributed by atoms with Crippen LogP contribution < -0.4 is 16.3 Å². The predicted molar refractivity (Wildman–Crippen MR) is 106 cm³/mol. The Balaban J connectivity index is 2.36. The van der Waals surface area contributed by atoms with E-state index in [-0.39, 0.29) is 16.9 Å². The fourth-order valence-electron chi connectivity index (χ4n) is 3.03. The molecule has 3 N–H and O–H groups in total. The minimum absolute atomic E-state index is 0.0717. The molecule has 0 radical (unpaired) electrons. The van der Waals surface area contributed by atoms with Gasteiger partial charge in [-0.3, -0.25) is 9.36 Å². The van der Waals surface area contributed by atoms with Gasteiger partial charge in [-0.2, -0.15) is 0 Å².